The van der Waals surface area contributed by atoms with Crippen LogP contribution in [0.15, 0.2) is 53.6 Å². The lowest BCUT2D eigenvalue weighted by molar-refractivity contribution is 0.0785. The average molecular weight is 325 g/mol. The molecule has 1 aliphatic rings. The Labute approximate surface area is 141 Å². The molecule has 1 amide bonds. The molecule has 24 heavy (non-hydrogen) atoms. The van der Waals surface area contributed by atoms with Crippen molar-refractivity contribution in [2.45, 2.75) is 19.9 Å². The predicted molar refractivity (Wildman–Crippen MR) is 93.7 cm³/mol. The third kappa shape index (κ3) is 3.62. The number of halogens is 1. The van der Waals surface area contributed by atoms with Crippen LogP contribution in [-0.2, 0) is 6.54 Å². The topological polar surface area (TPSA) is 35.9 Å². The van der Waals surface area contributed by atoms with Crippen LogP contribution in [0.2, 0.25) is 0 Å². The van der Waals surface area contributed by atoms with Gasteiger partial charge in [-0.1, -0.05) is 12.1 Å². The highest BCUT2D eigenvalue weighted by molar-refractivity contribution is 5.94. The van der Waals surface area contributed by atoms with E-state index in [4.69, 9.17) is 0 Å². The molecule has 2 aromatic carbocycles. The van der Waals surface area contributed by atoms with Gasteiger partial charge in [-0.05, 0) is 48.9 Å². The Hall–Kier alpha value is -2.69. The lowest BCUT2D eigenvalue weighted by Crippen LogP contribution is -2.26. The van der Waals surface area contributed by atoms with Gasteiger partial charge in [-0.25, -0.2) is 4.39 Å². The zero-order chi connectivity index (χ0) is 17.1. The first kappa shape index (κ1) is 16.2. The molecule has 0 unspecified atom stereocenters. The quantitative estimate of drug-likeness (QED) is 0.859. The lowest BCUT2D eigenvalue weighted by Gasteiger charge is -2.18. The van der Waals surface area contributed by atoms with E-state index in [-0.39, 0.29) is 11.7 Å². The normalized spacial score (nSPS) is 13.8. The van der Waals surface area contributed by atoms with Crippen molar-refractivity contribution in [2.24, 2.45) is 5.10 Å². The summed E-state index contributed by atoms with van der Waals surface area (Å²) in [6.07, 6.45) is 0.969. The van der Waals surface area contributed by atoms with Crippen molar-refractivity contribution in [3.05, 3.63) is 65.5 Å². The van der Waals surface area contributed by atoms with Gasteiger partial charge >= 0.3 is 0 Å². The molecule has 0 aliphatic carbocycles. The second kappa shape index (κ2) is 6.83. The van der Waals surface area contributed by atoms with Gasteiger partial charge in [0, 0.05) is 37.8 Å². The molecular formula is C19H20FN3O. The van der Waals surface area contributed by atoms with E-state index in [1.165, 1.54) is 12.1 Å². The molecule has 0 saturated heterocycles. The molecule has 0 aromatic heterocycles. The van der Waals surface area contributed by atoms with E-state index >= 15 is 0 Å². The number of amides is 1. The number of hydrogen-bond donors (Lipinski definition) is 0. The molecule has 0 fully saturated rings. The van der Waals surface area contributed by atoms with Crippen LogP contribution in [0.1, 0.15) is 29.3 Å². The van der Waals surface area contributed by atoms with E-state index < -0.39 is 0 Å². The first-order valence-electron chi connectivity index (χ1n) is 7.94. The number of benzene rings is 2. The molecule has 0 bridgehead atoms. The standard InChI is InChI=1S/C19H20FN3O/c1-14-10-11-23(21-14)18-8-6-16(7-9-18)19(24)22(2)13-15-4-3-5-17(20)12-15/h3-9,12H,10-11,13H2,1-2H3. The Balaban J connectivity index is 1.68. The number of rotatable bonds is 4. The Morgan fingerprint density at radius 2 is 2.00 bits per heavy atom. The fourth-order valence-corrected chi connectivity index (χ4v) is 2.74. The fourth-order valence-electron chi connectivity index (χ4n) is 2.74. The van der Waals surface area contributed by atoms with Crippen molar-refractivity contribution in [1.82, 2.24) is 4.90 Å². The summed E-state index contributed by atoms with van der Waals surface area (Å²) in [7, 11) is 1.72. The summed E-state index contributed by atoms with van der Waals surface area (Å²) in [5.41, 5.74) is 3.48. The van der Waals surface area contributed by atoms with Crippen LogP contribution in [0, 0.1) is 5.82 Å². The van der Waals surface area contributed by atoms with Crippen molar-refractivity contribution >= 4 is 17.3 Å². The summed E-state index contributed by atoms with van der Waals surface area (Å²) < 4.78 is 13.2. The van der Waals surface area contributed by atoms with Gasteiger partial charge in [0.1, 0.15) is 5.82 Å². The van der Waals surface area contributed by atoms with Gasteiger partial charge in [-0.2, -0.15) is 5.10 Å². The summed E-state index contributed by atoms with van der Waals surface area (Å²) in [6, 6.07) is 13.7. The maximum absolute atomic E-state index is 13.2. The number of carbonyl (C=O) groups excluding carboxylic acids is 1. The minimum atomic E-state index is -0.292. The molecule has 1 heterocycles. The number of anilines is 1. The second-order valence-corrected chi connectivity index (χ2v) is 6.05. The summed E-state index contributed by atoms with van der Waals surface area (Å²) in [5.74, 6) is -0.383. The zero-order valence-electron chi connectivity index (χ0n) is 13.9. The van der Waals surface area contributed by atoms with Gasteiger partial charge < -0.3 is 4.90 Å². The highest BCUT2D eigenvalue weighted by Gasteiger charge is 2.15. The van der Waals surface area contributed by atoms with Gasteiger partial charge in [0.15, 0.2) is 0 Å². The third-order valence-electron chi connectivity index (χ3n) is 4.04. The van der Waals surface area contributed by atoms with Crippen LogP contribution in [0.25, 0.3) is 0 Å². The number of carbonyl (C=O) groups is 1. The molecule has 0 radical (unpaired) electrons. The summed E-state index contributed by atoms with van der Waals surface area (Å²) in [4.78, 5) is 14.1. The molecule has 4 nitrogen and oxygen atoms in total. The van der Waals surface area contributed by atoms with E-state index in [1.54, 1.807) is 18.0 Å². The molecule has 1 aliphatic heterocycles. The first-order valence-corrected chi connectivity index (χ1v) is 7.94. The van der Waals surface area contributed by atoms with Crippen molar-refractivity contribution < 1.29 is 9.18 Å². The molecule has 0 N–H and O–H groups in total. The molecular weight excluding hydrogens is 305 g/mol. The molecule has 0 spiro atoms. The van der Waals surface area contributed by atoms with Crippen molar-refractivity contribution in [1.29, 1.82) is 0 Å². The molecule has 124 valence electrons. The fraction of sp³-hybridized carbons (Fsp3) is 0.263. The van der Waals surface area contributed by atoms with Crippen molar-refractivity contribution in [3.63, 3.8) is 0 Å². The second-order valence-electron chi connectivity index (χ2n) is 6.05. The Bertz CT molecular complexity index is 770. The Morgan fingerprint density at radius 1 is 1.25 bits per heavy atom. The van der Waals surface area contributed by atoms with E-state index in [1.807, 2.05) is 42.3 Å². The SMILES string of the molecule is CC1=NN(c2ccc(C(=O)N(C)Cc3cccc(F)c3)cc2)CC1. The van der Waals surface area contributed by atoms with Crippen LogP contribution >= 0.6 is 0 Å². The Kier molecular flexibility index (Phi) is 4.60. The van der Waals surface area contributed by atoms with Crippen molar-refractivity contribution in [2.75, 3.05) is 18.6 Å². The third-order valence-corrected chi connectivity index (χ3v) is 4.04. The minimum absolute atomic E-state index is 0.0908. The molecule has 0 saturated carbocycles. The van der Waals surface area contributed by atoms with Crippen LogP contribution in [-0.4, -0.2) is 30.1 Å². The average Bonchev–Trinajstić information content (AvgIpc) is 3.01. The highest BCUT2D eigenvalue weighted by atomic mass is 19.1. The van der Waals surface area contributed by atoms with Crippen LogP contribution in [0.5, 0.6) is 0 Å². The number of hydrogen-bond acceptors (Lipinski definition) is 3. The van der Waals surface area contributed by atoms with E-state index in [0.29, 0.717) is 12.1 Å². The predicted octanol–water partition coefficient (Wildman–Crippen LogP) is 3.68. The van der Waals surface area contributed by atoms with E-state index in [9.17, 15) is 9.18 Å². The van der Waals surface area contributed by atoms with Gasteiger partial charge in [-0.3, -0.25) is 9.80 Å². The summed E-state index contributed by atoms with van der Waals surface area (Å²) in [5, 5.41) is 6.40. The van der Waals surface area contributed by atoms with Crippen LogP contribution in [0.3, 0.4) is 0 Å². The first-order chi connectivity index (χ1) is 11.5. The summed E-state index contributed by atoms with van der Waals surface area (Å²) >= 11 is 0. The molecule has 3 rings (SSSR count). The lowest BCUT2D eigenvalue weighted by atomic mass is 10.1. The van der Waals surface area contributed by atoms with E-state index in [2.05, 4.69) is 5.10 Å². The molecule has 2 aromatic rings. The van der Waals surface area contributed by atoms with Gasteiger partial charge in [0.25, 0.3) is 5.91 Å². The minimum Gasteiger partial charge on any atom is -0.337 e. The molecule has 5 heteroatoms. The summed E-state index contributed by atoms with van der Waals surface area (Å²) in [6.45, 7) is 3.26. The molecule has 0 atom stereocenters. The smallest absolute Gasteiger partial charge is 0.253 e. The van der Waals surface area contributed by atoms with Gasteiger partial charge in [-0.15, -0.1) is 0 Å². The van der Waals surface area contributed by atoms with Crippen molar-refractivity contribution in [3.8, 4) is 0 Å². The number of nitrogens with zero attached hydrogens (tertiary/aromatic N) is 3. The monoisotopic (exact) mass is 325 g/mol. The number of hydrazone groups is 1. The van der Waals surface area contributed by atoms with Gasteiger partial charge in [0.05, 0.1) is 5.69 Å². The highest BCUT2D eigenvalue weighted by Crippen LogP contribution is 2.20. The maximum atomic E-state index is 13.2. The van der Waals surface area contributed by atoms with Crippen LogP contribution < -0.4 is 5.01 Å². The largest absolute Gasteiger partial charge is 0.337 e. The van der Waals surface area contributed by atoms with Crippen LogP contribution in [0.4, 0.5) is 10.1 Å². The Morgan fingerprint density at radius 3 is 2.62 bits per heavy atom. The van der Waals surface area contributed by atoms with Gasteiger partial charge in [0.2, 0.25) is 0 Å². The zero-order valence-corrected chi connectivity index (χ0v) is 13.9. The maximum Gasteiger partial charge on any atom is 0.253 e. The van der Waals surface area contributed by atoms with E-state index in [0.717, 1.165) is 29.9 Å².